The molecule has 1 aromatic carbocycles. The van der Waals surface area contributed by atoms with Gasteiger partial charge in [-0.05, 0) is 31.2 Å². The minimum atomic E-state index is -0.468. The van der Waals surface area contributed by atoms with Gasteiger partial charge in [0.25, 0.3) is 0 Å². The largest absolute Gasteiger partial charge is 0.445 e. The van der Waals surface area contributed by atoms with Gasteiger partial charge in [0.05, 0.1) is 0 Å². The molecule has 1 unspecified atom stereocenters. The Balaban J connectivity index is 2.48. The Kier molecular flexibility index (Phi) is 4.91. The van der Waals surface area contributed by atoms with Crippen LogP contribution in [0.5, 0.6) is 0 Å². The van der Waals surface area contributed by atoms with Gasteiger partial charge in [0.1, 0.15) is 6.10 Å². The van der Waals surface area contributed by atoms with Gasteiger partial charge in [-0.15, -0.1) is 0 Å². The Hall–Kier alpha value is -0.740. The average Bonchev–Trinajstić information content (AvgIpc) is 2.21. The third kappa shape index (κ3) is 4.53. The number of nitrogens with one attached hydrogen (secondary N) is 1. The maximum Gasteiger partial charge on any atom is 0.411 e. The van der Waals surface area contributed by atoms with E-state index in [1.807, 2.05) is 0 Å². The number of ether oxygens (including phenoxy) is 1. The summed E-state index contributed by atoms with van der Waals surface area (Å²) in [5.41, 5.74) is 0.658. The van der Waals surface area contributed by atoms with Crippen LogP contribution in [-0.4, -0.2) is 17.5 Å². The van der Waals surface area contributed by atoms with E-state index in [1.165, 1.54) is 0 Å². The van der Waals surface area contributed by atoms with Crippen LogP contribution in [0.25, 0.3) is 0 Å². The van der Waals surface area contributed by atoms with E-state index in [2.05, 4.69) is 21.2 Å². The average molecular weight is 293 g/mol. The molecule has 5 heteroatoms. The number of carbonyl (C=O) groups is 1. The molecule has 3 nitrogen and oxygen atoms in total. The molecule has 15 heavy (non-hydrogen) atoms. The number of carbonyl (C=O) groups excluding carboxylic acids is 1. The van der Waals surface area contributed by atoms with Crippen LogP contribution in [0.15, 0.2) is 24.3 Å². The predicted octanol–water partition coefficient (Wildman–Crippen LogP) is 3.67. The number of benzene rings is 1. The normalized spacial score (nSPS) is 11.9. The molecule has 0 aliphatic carbocycles. The molecule has 1 rings (SSSR count). The molecule has 0 aliphatic heterocycles. The number of alkyl halides is 1. The molecule has 0 aliphatic rings. The maximum atomic E-state index is 11.3. The topological polar surface area (TPSA) is 38.3 Å². The SMILES string of the molecule is CC(CBr)OC(=O)Nc1ccc(Cl)cc1. The third-order valence-electron chi connectivity index (χ3n) is 1.62. The van der Waals surface area contributed by atoms with Gasteiger partial charge < -0.3 is 4.74 Å². The quantitative estimate of drug-likeness (QED) is 0.863. The van der Waals surface area contributed by atoms with Crippen LogP contribution in [0.3, 0.4) is 0 Å². The summed E-state index contributed by atoms with van der Waals surface area (Å²) in [5, 5.41) is 3.83. The second-order valence-corrected chi connectivity index (χ2v) is 4.09. The summed E-state index contributed by atoms with van der Waals surface area (Å²) < 4.78 is 5.00. The highest BCUT2D eigenvalue weighted by atomic mass is 79.9. The Bertz CT molecular complexity index is 329. The van der Waals surface area contributed by atoms with Gasteiger partial charge in [-0.3, -0.25) is 5.32 Å². The van der Waals surface area contributed by atoms with Crippen molar-refractivity contribution >= 4 is 39.3 Å². The van der Waals surface area contributed by atoms with Gasteiger partial charge in [-0.2, -0.15) is 0 Å². The fraction of sp³-hybridized carbons (Fsp3) is 0.300. The highest BCUT2D eigenvalue weighted by molar-refractivity contribution is 9.09. The molecule has 0 aromatic heterocycles. The lowest BCUT2D eigenvalue weighted by atomic mass is 10.3. The minimum absolute atomic E-state index is 0.155. The molecule has 1 aromatic rings. The van der Waals surface area contributed by atoms with Crippen LogP contribution < -0.4 is 5.32 Å². The molecule has 1 atom stereocenters. The summed E-state index contributed by atoms with van der Waals surface area (Å²) in [4.78, 5) is 11.3. The van der Waals surface area contributed by atoms with Crippen molar-refractivity contribution in [1.29, 1.82) is 0 Å². The molecule has 0 radical (unpaired) electrons. The van der Waals surface area contributed by atoms with Gasteiger partial charge in [0.2, 0.25) is 0 Å². The monoisotopic (exact) mass is 291 g/mol. The Morgan fingerprint density at radius 3 is 2.67 bits per heavy atom. The molecule has 0 saturated carbocycles. The first-order valence-corrected chi connectivity index (χ1v) is 5.91. The van der Waals surface area contributed by atoms with Crippen molar-refractivity contribution in [1.82, 2.24) is 0 Å². The molecular weight excluding hydrogens is 281 g/mol. The fourth-order valence-corrected chi connectivity index (χ4v) is 1.15. The van der Waals surface area contributed by atoms with E-state index in [0.29, 0.717) is 16.0 Å². The van der Waals surface area contributed by atoms with Crippen molar-refractivity contribution in [3.8, 4) is 0 Å². The standard InChI is InChI=1S/C10H11BrClNO2/c1-7(6-11)15-10(14)13-9-4-2-8(12)3-5-9/h2-5,7H,6H2,1H3,(H,13,14). The van der Waals surface area contributed by atoms with E-state index < -0.39 is 6.09 Å². The molecule has 82 valence electrons. The van der Waals surface area contributed by atoms with Crippen molar-refractivity contribution < 1.29 is 9.53 Å². The smallest absolute Gasteiger partial charge is 0.411 e. The molecule has 1 N–H and O–H groups in total. The summed E-state index contributed by atoms with van der Waals surface area (Å²) >= 11 is 8.92. The molecular formula is C10H11BrClNO2. The minimum Gasteiger partial charge on any atom is -0.445 e. The molecule has 1 amide bonds. The second kappa shape index (κ2) is 5.98. The Morgan fingerprint density at radius 2 is 2.13 bits per heavy atom. The van der Waals surface area contributed by atoms with Crippen LogP contribution in [0.1, 0.15) is 6.92 Å². The number of hydrogen-bond acceptors (Lipinski definition) is 2. The summed E-state index contributed by atoms with van der Waals surface area (Å²) in [5.74, 6) is 0. The first-order valence-electron chi connectivity index (χ1n) is 4.41. The van der Waals surface area contributed by atoms with Gasteiger partial charge in [0, 0.05) is 16.0 Å². The number of anilines is 1. The predicted molar refractivity (Wildman–Crippen MR) is 64.8 cm³/mol. The molecule has 0 spiro atoms. The van der Waals surface area contributed by atoms with Crippen molar-refractivity contribution in [2.24, 2.45) is 0 Å². The summed E-state index contributed by atoms with van der Waals surface area (Å²) in [6.45, 7) is 1.80. The van der Waals surface area contributed by atoms with Crippen LogP contribution in [0, 0.1) is 0 Å². The van der Waals surface area contributed by atoms with Crippen molar-refractivity contribution in [3.05, 3.63) is 29.3 Å². The van der Waals surface area contributed by atoms with Gasteiger partial charge in [0.15, 0.2) is 0 Å². The molecule has 0 fully saturated rings. The zero-order chi connectivity index (χ0) is 11.3. The fourth-order valence-electron chi connectivity index (χ4n) is 0.895. The highest BCUT2D eigenvalue weighted by Crippen LogP contribution is 2.13. The lowest BCUT2D eigenvalue weighted by Gasteiger charge is -2.11. The van der Waals surface area contributed by atoms with Gasteiger partial charge >= 0.3 is 6.09 Å². The van der Waals surface area contributed by atoms with E-state index in [9.17, 15) is 4.79 Å². The number of hydrogen-bond donors (Lipinski definition) is 1. The van der Waals surface area contributed by atoms with Gasteiger partial charge in [-0.25, -0.2) is 4.79 Å². The first-order chi connectivity index (χ1) is 7.11. The van der Waals surface area contributed by atoms with Crippen LogP contribution in [0.2, 0.25) is 5.02 Å². The Labute approximate surface area is 102 Å². The van der Waals surface area contributed by atoms with E-state index in [1.54, 1.807) is 31.2 Å². The number of halogens is 2. The van der Waals surface area contributed by atoms with Crippen LogP contribution >= 0.6 is 27.5 Å². The zero-order valence-corrected chi connectivity index (χ0v) is 10.5. The highest BCUT2D eigenvalue weighted by Gasteiger charge is 2.07. The van der Waals surface area contributed by atoms with Crippen molar-refractivity contribution in [2.75, 3.05) is 10.6 Å². The van der Waals surface area contributed by atoms with E-state index in [-0.39, 0.29) is 6.10 Å². The molecule has 0 bridgehead atoms. The molecule has 0 saturated heterocycles. The molecule has 0 heterocycles. The van der Waals surface area contributed by atoms with Crippen molar-refractivity contribution in [3.63, 3.8) is 0 Å². The second-order valence-electron chi connectivity index (χ2n) is 3.00. The zero-order valence-electron chi connectivity index (χ0n) is 8.17. The van der Waals surface area contributed by atoms with Crippen LogP contribution in [-0.2, 0) is 4.74 Å². The number of amides is 1. The first kappa shape index (κ1) is 12.3. The van der Waals surface area contributed by atoms with Crippen LogP contribution in [0.4, 0.5) is 10.5 Å². The van der Waals surface area contributed by atoms with Gasteiger partial charge in [-0.1, -0.05) is 27.5 Å². The summed E-state index contributed by atoms with van der Waals surface area (Å²) in [6, 6.07) is 6.82. The summed E-state index contributed by atoms with van der Waals surface area (Å²) in [7, 11) is 0. The maximum absolute atomic E-state index is 11.3. The van der Waals surface area contributed by atoms with Crippen molar-refractivity contribution in [2.45, 2.75) is 13.0 Å². The van der Waals surface area contributed by atoms with E-state index >= 15 is 0 Å². The third-order valence-corrected chi connectivity index (χ3v) is 2.78. The lowest BCUT2D eigenvalue weighted by molar-refractivity contribution is 0.132. The Morgan fingerprint density at radius 1 is 1.53 bits per heavy atom. The number of rotatable bonds is 3. The van der Waals surface area contributed by atoms with E-state index in [4.69, 9.17) is 16.3 Å². The summed E-state index contributed by atoms with van der Waals surface area (Å²) in [6.07, 6.45) is -0.624. The van der Waals surface area contributed by atoms with E-state index in [0.717, 1.165) is 0 Å². The lowest BCUT2D eigenvalue weighted by Crippen LogP contribution is -2.20.